The fourth-order valence-corrected chi connectivity index (χ4v) is 3.68. The van der Waals surface area contributed by atoms with Crippen LogP contribution in [0, 0.1) is 11.7 Å². The van der Waals surface area contributed by atoms with Crippen molar-refractivity contribution in [2.45, 2.75) is 26.2 Å². The lowest BCUT2D eigenvalue weighted by molar-refractivity contribution is 0.103. The molecular weight excluding hydrogens is 273 g/mol. The van der Waals surface area contributed by atoms with Crippen molar-refractivity contribution in [3.63, 3.8) is 0 Å². The molecule has 0 fully saturated rings. The van der Waals surface area contributed by atoms with E-state index in [1.165, 1.54) is 29.0 Å². The Balaban J connectivity index is 1.78. The first-order valence-electron chi connectivity index (χ1n) is 6.80. The van der Waals surface area contributed by atoms with Crippen molar-refractivity contribution < 1.29 is 9.18 Å². The van der Waals surface area contributed by atoms with Crippen LogP contribution in [0.5, 0.6) is 0 Å². The highest BCUT2D eigenvalue weighted by atomic mass is 32.1. The maximum Gasteiger partial charge on any atom is 0.265 e. The summed E-state index contributed by atoms with van der Waals surface area (Å²) in [6.45, 7) is 2.24. The van der Waals surface area contributed by atoms with Gasteiger partial charge in [0.2, 0.25) is 0 Å². The normalized spacial score (nSPS) is 17.6. The van der Waals surface area contributed by atoms with E-state index in [1.54, 1.807) is 23.5 Å². The van der Waals surface area contributed by atoms with Crippen LogP contribution in [0.2, 0.25) is 0 Å². The fraction of sp³-hybridized carbons (Fsp3) is 0.312. The second-order valence-electron chi connectivity index (χ2n) is 5.37. The zero-order valence-electron chi connectivity index (χ0n) is 11.3. The van der Waals surface area contributed by atoms with Gasteiger partial charge in [0.1, 0.15) is 5.82 Å². The molecule has 1 aliphatic carbocycles. The van der Waals surface area contributed by atoms with Crippen LogP contribution in [0.3, 0.4) is 0 Å². The molecular formula is C16H16FNOS. The Kier molecular flexibility index (Phi) is 3.57. The van der Waals surface area contributed by atoms with Crippen molar-refractivity contribution in [3.05, 3.63) is 51.5 Å². The van der Waals surface area contributed by atoms with E-state index in [0.29, 0.717) is 16.5 Å². The molecule has 1 aromatic heterocycles. The second-order valence-corrected chi connectivity index (χ2v) is 6.51. The minimum absolute atomic E-state index is 0.150. The minimum Gasteiger partial charge on any atom is -0.321 e. The summed E-state index contributed by atoms with van der Waals surface area (Å²) in [5.74, 6) is 0.195. The lowest BCUT2D eigenvalue weighted by atomic mass is 9.90. The third-order valence-electron chi connectivity index (χ3n) is 3.64. The number of carbonyl (C=O) groups excluding carboxylic acids is 1. The van der Waals surface area contributed by atoms with Crippen molar-refractivity contribution in [1.82, 2.24) is 0 Å². The topological polar surface area (TPSA) is 29.1 Å². The molecule has 20 heavy (non-hydrogen) atoms. The minimum atomic E-state index is -0.345. The third-order valence-corrected chi connectivity index (χ3v) is 4.87. The van der Waals surface area contributed by atoms with Crippen molar-refractivity contribution >= 4 is 22.9 Å². The molecule has 2 aromatic rings. The van der Waals surface area contributed by atoms with Gasteiger partial charge >= 0.3 is 0 Å². The Morgan fingerprint density at radius 3 is 3.05 bits per heavy atom. The number of aryl methyl sites for hydroxylation is 1. The van der Waals surface area contributed by atoms with Crippen LogP contribution < -0.4 is 5.32 Å². The van der Waals surface area contributed by atoms with E-state index >= 15 is 0 Å². The Morgan fingerprint density at radius 2 is 2.25 bits per heavy atom. The number of fused-ring (bicyclic) bond motifs is 1. The van der Waals surface area contributed by atoms with Gasteiger partial charge in [0.15, 0.2) is 0 Å². The number of anilines is 1. The zero-order chi connectivity index (χ0) is 14.1. The Morgan fingerprint density at radius 1 is 1.40 bits per heavy atom. The lowest BCUT2D eigenvalue weighted by Gasteiger charge is -2.16. The Labute approximate surface area is 121 Å². The monoisotopic (exact) mass is 289 g/mol. The van der Waals surface area contributed by atoms with Gasteiger partial charge < -0.3 is 5.32 Å². The third kappa shape index (κ3) is 2.75. The molecule has 0 spiro atoms. The van der Waals surface area contributed by atoms with Gasteiger partial charge in [0.05, 0.1) is 4.88 Å². The number of halogens is 1. The average Bonchev–Trinajstić information content (AvgIpc) is 2.81. The van der Waals surface area contributed by atoms with Gasteiger partial charge in [-0.1, -0.05) is 13.0 Å². The van der Waals surface area contributed by atoms with E-state index in [9.17, 15) is 9.18 Å². The highest BCUT2D eigenvalue weighted by Gasteiger charge is 2.20. The smallest absolute Gasteiger partial charge is 0.265 e. The lowest BCUT2D eigenvalue weighted by Crippen LogP contribution is -2.10. The molecule has 3 rings (SSSR count). The number of rotatable bonds is 2. The molecule has 0 bridgehead atoms. The Hall–Kier alpha value is -1.68. The van der Waals surface area contributed by atoms with E-state index in [0.717, 1.165) is 12.8 Å². The van der Waals surface area contributed by atoms with Gasteiger partial charge in [-0.2, -0.15) is 0 Å². The second kappa shape index (κ2) is 5.37. The van der Waals surface area contributed by atoms with Crippen molar-refractivity contribution in [2.24, 2.45) is 5.92 Å². The summed E-state index contributed by atoms with van der Waals surface area (Å²) in [5.41, 5.74) is 1.80. The summed E-state index contributed by atoms with van der Waals surface area (Å²) < 4.78 is 13.1. The van der Waals surface area contributed by atoms with Crippen molar-refractivity contribution in [1.29, 1.82) is 0 Å². The standard InChI is InChI=1S/C16H16FNOS/c1-10-5-6-14-11(7-10)8-15(20-14)16(19)18-13-4-2-3-12(17)9-13/h2-4,8-10H,5-7H2,1H3,(H,18,19). The van der Waals surface area contributed by atoms with E-state index in [4.69, 9.17) is 0 Å². The zero-order valence-corrected chi connectivity index (χ0v) is 12.1. The van der Waals surface area contributed by atoms with E-state index in [-0.39, 0.29) is 11.7 Å². The Bertz CT molecular complexity index is 650. The van der Waals surface area contributed by atoms with Crippen LogP contribution in [0.25, 0.3) is 0 Å². The van der Waals surface area contributed by atoms with E-state index in [1.807, 2.05) is 6.07 Å². The molecule has 0 saturated carbocycles. The molecule has 4 heteroatoms. The summed E-state index contributed by atoms with van der Waals surface area (Å²) in [4.78, 5) is 14.2. The highest BCUT2D eigenvalue weighted by Crippen LogP contribution is 2.32. The molecule has 2 nitrogen and oxygen atoms in total. The van der Waals surface area contributed by atoms with Gasteiger partial charge in [0, 0.05) is 10.6 Å². The quantitative estimate of drug-likeness (QED) is 0.879. The number of hydrogen-bond acceptors (Lipinski definition) is 2. The van der Waals surface area contributed by atoms with E-state index in [2.05, 4.69) is 12.2 Å². The molecule has 0 saturated heterocycles. The number of nitrogens with one attached hydrogen (secondary N) is 1. The maximum absolute atomic E-state index is 13.1. The van der Waals surface area contributed by atoms with Crippen LogP contribution in [0.15, 0.2) is 30.3 Å². The average molecular weight is 289 g/mol. The molecule has 0 radical (unpaired) electrons. The largest absolute Gasteiger partial charge is 0.321 e. The first-order valence-corrected chi connectivity index (χ1v) is 7.62. The maximum atomic E-state index is 13.1. The number of thiophene rings is 1. The summed E-state index contributed by atoms with van der Waals surface area (Å²) in [6, 6.07) is 7.96. The molecule has 0 aliphatic heterocycles. The van der Waals surface area contributed by atoms with Crippen LogP contribution in [-0.4, -0.2) is 5.91 Å². The molecule has 1 aromatic carbocycles. The SMILES string of the molecule is CC1CCc2sc(C(=O)Nc3cccc(F)c3)cc2C1. The molecule has 1 amide bonds. The number of carbonyl (C=O) groups is 1. The predicted octanol–water partition coefficient (Wildman–Crippen LogP) is 4.26. The van der Waals surface area contributed by atoms with Gasteiger partial charge in [-0.15, -0.1) is 11.3 Å². The summed E-state index contributed by atoms with van der Waals surface area (Å²) in [5, 5.41) is 2.75. The van der Waals surface area contributed by atoms with Crippen LogP contribution in [-0.2, 0) is 12.8 Å². The van der Waals surface area contributed by atoms with Crippen molar-refractivity contribution in [2.75, 3.05) is 5.32 Å². The van der Waals surface area contributed by atoms with Crippen molar-refractivity contribution in [3.8, 4) is 0 Å². The molecule has 1 N–H and O–H groups in total. The van der Waals surface area contributed by atoms with Crippen LogP contribution in [0.4, 0.5) is 10.1 Å². The molecule has 104 valence electrons. The summed E-state index contributed by atoms with van der Waals surface area (Å²) in [7, 11) is 0. The van der Waals surface area contributed by atoms with Gasteiger partial charge in [-0.25, -0.2) is 4.39 Å². The van der Waals surface area contributed by atoms with Crippen LogP contribution >= 0.6 is 11.3 Å². The summed E-state index contributed by atoms with van der Waals surface area (Å²) >= 11 is 1.56. The van der Waals surface area contributed by atoms with Gasteiger partial charge in [-0.05, 0) is 55.0 Å². The van der Waals surface area contributed by atoms with Crippen LogP contribution in [0.1, 0.15) is 33.5 Å². The first kappa shape index (κ1) is 13.3. The molecule has 1 atom stereocenters. The molecule has 1 heterocycles. The van der Waals surface area contributed by atoms with Gasteiger partial charge in [0.25, 0.3) is 5.91 Å². The first-order chi connectivity index (χ1) is 9.61. The summed E-state index contributed by atoms with van der Waals surface area (Å²) in [6.07, 6.45) is 3.31. The molecule has 1 aliphatic rings. The number of hydrogen-bond donors (Lipinski definition) is 1. The number of amides is 1. The van der Waals surface area contributed by atoms with E-state index < -0.39 is 0 Å². The fourth-order valence-electron chi connectivity index (χ4n) is 2.58. The predicted molar refractivity (Wildman–Crippen MR) is 79.9 cm³/mol. The highest BCUT2D eigenvalue weighted by molar-refractivity contribution is 7.14. The number of benzene rings is 1. The van der Waals surface area contributed by atoms with Gasteiger partial charge in [-0.3, -0.25) is 4.79 Å². The molecule has 1 unspecified atom stereocenters.